The lowest BCUT2D eigenvalue weighted by Gasteiger charge is -2.52. The second-order valence-electron chi connectivity index (χ2n) is 34.5. The van der Waals surface area contributed by atoms with E-state index in [1.165, 1.54) is 18.1 Å². The highest BCUT2D eigenvalue weighted by Crippen LogP contribution is 2.53. The van der Waals surface area contributed by atoms with E-state index >= 15 is 4.57 Å². The van der Waals surface area contributed by atoms with Crippen molar-refractivity contribution in [2.45, 2.75) is 348 Å². The van der Waals surface area contributed by atoms with E-state index in [4.69, 9.17) is 125 Å². The van der Waals surface area contributed by atoms with E-state index < -0.39 is 293 Å². The number of rotatable bonds is 47. The van der Waals surface area contributed by atoms with Crippen molar-refractivity contribution in [3.05, 3.63) is 70.7 Å². The zero-order valence-corrected chi connectivity index (χ0v) is 81.8. The molecule has 1 aliphatic carbocycles. The van der Waals surface area contributed by atoms with Crippen molar-refractivity contribution < 1.29 is 205 Å². The number of hydrogen-bond donors (Lipinski definition) is 7. The maximum Gasteiger partial charge on any atom is 0.477 e. The number of ketones is 1. The van der Waals surface area contributed by atoms with Gasteiger partial charge in [0.05, 0.1) is 33.0 Å². The molecule has 27 atom stereocenters. The maximum atomic E-state index is 15.3. The fraction of sp³-hybridized carbons (Fsp3) is 0.685. The maximum absolute atomic E-state index is 15.3. The Morgan fingerprint density at radius 2 is 1.05 bits per heavy atom. The summed E-state index contributed by atoms with van der Waals surface area (Å²) in [6.07, 6.45) is -36.6. The highest BCUT2D eigenvalue weighted by Gasteiger charge is 2.65. The molecule has 48 nitrogen and oxygen atoms in total. The number of phosphoric acid groups is 1. The molecule has 0 saturated carbocycles. The number of primary amides is 2. The summed E-state index contributed by atoms with van der Waals surface area (Å²) >= 11 is 0. The normalized spacial score (nSPS) is 30.1. The Hall–Kier alpha value is -10.6. The number of ether oxygens (including phenoxy) is 21. The molecule has 0 aromatic heterocycles. The van der Waals surface area contributed by atoms with Crippen molar-refractivity contribution in [1.82, 2.24) is 16.0 Å². The smallest absolute Gasteiger partial charge is 0.477 e. The highest BCUT2D eigenvalue weighted by atomic mass is 31.2. The topological polar surface area (TPSA) is 640 Å². The molecule has 774 valence electrons. The van der Waals surface area contributed by atoms with E-state index in [1.807, 2.05) is 6.92 Å². The first-order valence-electron chi connectivity index (χ1n) is 44.1. The molecule has 0 aromatic carbocycles. The zero-order chi connectivity index (χ0) is 103. The summed E-state index contributed by atoms with van der Waals surface area (Å²) in [6.45, 7) is 25.0. The third-order valence-electron chi connectivity index (χ3n) is 21.8. The Bertz CT molecular complexity index is 4580. The molecule has 5 saturated heterocycles. The van der Waals surface area contributed by atoms with Crippen LogP contribution in [0.5, 0.6) is 0 Å². The highest BCUT2D eigenvalue weighted by molar-refractivity contribution is 7.48. The number of allylic oxidation sites excluding steroid dienone is 10. The molecule has 0 spiro atoms. The van der Waals surface area contributed by atoms with E-state index in [0.29, 0.717) is 12.8 Å². The van der Waals surface area contributed by atoms with Crippen LogP contribution in [0.1, 0.15) is 189 Å². The number of hydrogen-bond acceptors (Lipinski definition) is 43. The number of methoxy groups -OCH3 is 1. The van der Waals surface area contributed by atoms with Crippen LogP contribution in [0.4, 0.5) is 4.79 Å². The molecule has 0 aromatic rings. The summed E-state index contributed by atoms with van der Waals surface area (Å²) in [5.41, 5.74) is 12.3. The number of carbonyl (C=O) groups excluding carboxylic acids is 16. The molecule has 5 aliphatic heterocycles. The zero-order valence-electron chi connectivity index (χ0n) is 81.0. The number of carbonyl (C=O) groups is 16. The van der Waals surface area contributed by atoms with Gasteiger partial charge in [0, 0.05) is 96.1 Å². The third kappa shape index (κ3) is 35.0. The average Bonchev–Trinajstić information content (AvgIpc) is 0.779. The Balaban J connectivity index is 1.50. The number of aliphatic hydroxyl groups excluding tert-OH is 1. The van der Waals surface area contributed by atoms with Gasteiger partial charge in [-0.15, -0.1) is 0 Å². The number of nitrogens with two attached hydrogens (primary N) is 2. The van der Waals surface area contributed by atoms with Gasteiger partial charge in [-0.25, -0.2) is 14.2 Å². The Morgan fingerprint density at radius 1 is 0.558 bits per heavy atom. The second-order valence-corrected chi connectivity index (χ2v) is 36.2. The number of aliphatic hydroxyl groups is 2. The fourth-order valence-electron chi connectivity index (χ4n) is 15.5. The summed E-state index contributed by atoms with van der Waals surface area (Å²) in [5, 5.41) is 30.4. The van der Waals surface area contributed by atoms with Crippen LogP contribution < -0.4 is 27.4 Å². The molecular formula is C89H130N5O43P. The monoisotopic (exact) mass is 1990 g/mol. The standard InChI is InChI=1S/C89H130N5O43P/c1-41(2)26-25-28-42(3)29-30-44(5)33-36-88(18,19)35-24-23-27-43(4)34-37-116-61(81(110)114-21)40-119-138(113,115-22)137-86-76(77(136-87(91)111)89(20,112)78(135-86)79(90)108)134-83-64(93-47(8)96)69(123-51(12)100)66(60(129-83)39-118-84-74(127-55(16)104)70(124-52(13)101)67(121-49(10)98)59(130-84)38-117-48(9)97)132-82-63(92-46(7)95)68(122-50(11)99)65(45(6)120-82)131-85-75(128-56(17)105)72(126-54(15)103)71(125-53(14)102)73(133-85)80(109)94-62-57(106)31-32-58(62)107/h24,26,29,34-35,45,59-61,63-78,82-86,106,112H,5,23,25,27-28,30-33,36-40H2,1-4,6-22H3,(H2,90,108)(H2,91,111)(H,92,95)(H,93,96)(H,94,109)/b35-24+,42-29+,43-34-/t45?,59?,60?,61-,63+,64?,65-,66-,67-,68?,69-,70+,71-,72?,73?,74?,75+,76?,77-,78?,82+,83+,84-,85-,86-,89+,138?/m1/s1. The minimum Gasteiger partial charge on any atom is -0.510 e. The predicted octanol–water partition coefficient (Wildman–Crippen LogP) is 3.85. The van der Waals surface area contributed by atoms with Crippen LogP contribution >= 0.6 is 7.82 Å². The van der Waals surface area contributed by atoms with Crippen LogP contribution in [0.2, 0.25) is 0 Å². The first-order valence-corrected chi connectivity index (χ1v) is 45.6. The van der Waals surface area contributed by atoms with E-state index in [2.05, 4.69) is 81.5 Å². The van der Waals surface area contributed by atoms with Crippen molar-refractivity contribution in [2.24, 2.45) is 16.9 Å². The number of nitrogens with one attached hydrogen (secondary N) is 3. The fourth-order valence-corrected chi connectivity index (χ4v) is 16.5. The molecule has 6 rings (SSSR count). The molecule has 6 aliphatic rings. The van der Waals surface area contributed by atoms with Gasteiger partial charge < -0.3 is 137 Å². The third-order valence-corrected chi connectivity index (χ3v) is 23.2. The van der Waals surface area contributed by atoms with Crippen LogP contribution in [-0.2, 0) is 190 Å². The SMILES string of the molecule is C=C(C/C=C(\C)CCC=C(C)C)CCC(C)(C)/C=C/CC/C(C)=C\CO[C@H](COP(=O)(OC)O[C@H]1OC(C(N)=O)[C@@](C)(O)[C@H](OC(N)=O)C1O[C@@H]1OC(CO[C@@H]2OC(COC(C)=O)[C@@H](OC(C)=O)[C@H](OC(C)=O)C2OC(C)=O)[C@@H](O[C@@H]2OC(C)[C@@H](O[C@@H]3OC(C(=O)NC4=C(O)CCC4=O)[C@H](OC(C)=O)C(OC(C)=O)[C@@H]3OC(C)=O)C(OC(C)=O)[C@@H]2NC(C)=O)[C@H](OC(C)=O)C1NC(C)=O)C(=O)OC. The molecule has 11 unspecified atom stereocenters. The summed E-state index contributed by atoms with van der Waals surface area (Å²) in [6, 6.07) is -4.28. The Labute approximate surface area is 796 Å². The number of esters is 10. The first kappa shape index (κ1) is 116. The van der Waals surface area contributed by atoms with Crippen LogP contribution in [0.3, 0.4) is 0 Å². The minimum absolute atomic E-state index is 0.168. The summed E-state index contributed by atoms with van der Waals surface area (Å²) in [7, 11) is -3.73. The van der Waals surface area contributed by atoms with Gasteiger partial charge in [-0.2, -0.15) is 0 Å². The number of phosphoric ester groups is 1. The molecular weight excluding hydrogens is 1860 g/mol. The summed E-state index contributed by atoms with van der Waals surface area (Å²) in [4.78, 5) is 215. The van der Waals surface area contributed by atoms with Gasteiger partial charge in [0.1, 0.15) is 60.2 Å². The molecule has 49 heteroatoms. The minimum atomic E-state index is -5.49. The molecule has 0 bridgehead atoms. The Kier molecular flexibility index (Phi) is 44.7. The van der Waals surface area contributed by atoms with Gasteiger partial charge in [0.25, 0.3) is 5.91 Å². The van der Waals surface area contributed by atoms with Gasteiger partial charge >= 0.3 is 73.6 Å². The van der Waals surface area contributed by atoms with Gasteiger partial charge in [0.2, 0.25) is 17.7 Å². The number of Topliss-reactive ketones (excluding diaryl/α,β-unsaturated/α-hetero) is 1. The quantitative estimate of drug-likeness (QED) is 0.0197. The molecule has 138 heavy (non-hydrogen) atoms. The number of amides is 5. The van der Waals surface area contributed by atoms with E-state index in [-0.39, 0.29) is 24.9 Å². The van der Waals surface area contributed by atoms with Crippen molar-refractivity contribution in [3.63, 3.8) is 0 Å². The molecule has 5 fully saturated rings. The lowest BCUT2D eigenvalue weighted by molar-refractivity contribution is -0.375. The molecule has 5 amide bonds. The second kappa shape index (κ2) is 53.2. The lowest BCUT2D eigenvalue weighted by atomic mass is 9.85. The van der Waals surface area contributed by atoms with E-state index in [9.17, 15) is 86.9 Å². The van der Waals surface area contributed by atoms with Crippen LogP contribution in [0, 0.1) is 5.41 Å². The predicted molar refractivity (Wildman–Crippen MR) is 467 cm³/mol. The van der Waals surface area contributed by atoms with Crippen molar-refractivity contribution in [2.75, 3.05) is 40.6 Å². The van der Waals surface area contributed by atoms with Gasteiger partial charge in [-0.3, -0.25) is 80.7 Å². The van der Waals surface area contributed by atoms with Crippen LogP contribution in [0.15, 0.2) is 70.7 Å². The van der Waals surface area contributed by atoms with Crippen molar-refractivity contribution in [1.29, 1.82) is 0 Å². The average molecular weight is 1990 g/mol. The van der Waals surface area contributed by atoms with E-state index in [1.54, 1.807) is 6.08 Å². The van der Waals surface area contributed by atoms with Crippen LogP contribution in [-0.4, -0.2) is 305 Å². The summed E-state index contributed by atoms with van der Waals surface area (Å²) in [5.74, 6) is -17.8. The largest absolute Gasteiger partial charge is 0.510 e. The van der Waals surface area contributed by atoms with Gasteiger partial charge in [-0.1, -0.05) is 73.1 Å². The van der Waals surface area contributed by atoms with Crippen LogP contribution in [0.25, 0.3) is 0 Å². The summed E-state index contributed by atoms with van der Waals surface area (Å²) < 4.78 is 158. The Morgan fingerprint density at radius 3 is 1.57 bits per heavy atom. The lowest BCUT2D eigenvalue weighted by Crippen LogP contribution is -2.73. The van der Waals surface area contributed by atoms with Gasteiger partial charge in [-0.05, 0) is 91.9 Å². The molecule has 9 N–H and O–H groups in total. The molecule has 5 heterocycles. The first-order chi connectivity index (χ1) is 64.5. The van der Waals surface area contributed by atoms with E-state index in [0.717, 1.165) is 141 Å². The van der Waals surface area contributed by atoms with Crippen molar-refractivity contribution >= 4 is 103 Å². The van der Waals surface area contributed by atoms with Crippen molar-refractivity contribution in [3.8, 4) is 0 Å². The van der Waals surface area contributed by atoms with Gasteiger partial charge in [0.15, 0.2) is 117 Å². The molecule has 0 radical (unpaired) electrons.